The van der Waals surface area contributed by atoms with Crippen LogP contribution < -0.4 is 10.6 Å². The molecule has 9 heteroatoms. The lowest BCUT2D eigenvalue weighted by molar-refractivity contribution is -0.142. The van der Waals surface area contributed by atoms with Gasteiger partial charge < -0.3 is 25.4 Å². The standard InChI is InChI=1S/C30H42ClN3O5/c1-8-10-18-34(28(37)25(19(3)9-2)33-29(38)39-30(5,6)7)26(21-14-16-22(35)17-15-21)27(36)32-24-20(4)12-11-13-23(24)31/h11-17,19,25-26,35H,8-10,18H2,1-7H3,(H,32,36)(H,33,38). The summed E-state index contributed by atoms with van der Waals surface area (Å²) in [5.74, 6) is -1.05. The third kappa shape index (κ3) is 9.17. The molecular formula is C30H42ClN3O5. The first-order valence-electron chi connectivity index (χ1n) is 13.4. The molecule has 0 radical (unpaired) electrons. The number of alkyl carbamates (subject to hydrolysis) is 1. The van der Waals surface area contributed by atoms with Crippen LogP contribution in [-0.4, -0.2) is 46.1 Å². The zero-order valence-electron chi connectivity index (χ0n) is 24.0. The van der Waals surface area contributed by atoms with Gasteiger partial charge in [-0.25, -0.2) is 4.79 Å². The zero-order chi connectivity index (χ0) is 29.3. The second kappa shape index (κ2) is 14.2. The van der Waals surface area contributed by atoms with Gasteiger partial charge in [0.1, 0.15) is 23.4 Å². The largest absolute Gasteiger partial charge is 0.508 e. The van der Waals surface area contributed by atoms with Gasteiger partial charge in [0.15, 0.2) is 0 Å². The van der Waals surface area contributed by atoms with E-state index in [1.165, 1.54) is 17.0 Å². The van der Waals surface area contributed by atoms with Crippen LogP contribution in [0.3, 0.4) is 0 Å². The van der Waals surface area contributed by atoms with E-state index in [0.29, 0.717) is 29.1 Å². The predicted octanol–water partition coefficient (Wildman–Crippen LogP) is 6.60. The van der Waals surface area contributed by atoms with E-state index in [1.807, 2.05) is 33.8 Å². The molecule has 2 aromatic carbocycles. The topological polar surface area (TPSA) is 108 Å². The number of halogens is 1. The maximum atomic E-state index is 14.2. The molecule has 3 unspecified atom stereocenters. The van der Waals surface area contributed by atoms with Gasteiger partial charge in [-0.1, -0.05) is 69.5 Å². The summed E-state index contributed by atoms with van der Waals surface area (Å²) in [5.41, 5.74) is 1.01. The quantitative estimate of drug-likeness (QED) is 0.287. The van der Waals surface area contributed by atoms with Crippen LogP contribution in [0.4, 0.5) is 10.5 Å². The number of phenolic OH excluding ortho intramolecular Hbond substituents is 1. The summed E-state index contributed by atoms with van der Waals surface area (Å²) in [7, 11) is 0. The number of rotatable bonds is 11. The first kappa shape index (κ1) is 32.0. The van der Waals surface area contributed by atoms with Crippen LogP contribution in [0.25, 0.3) is 0 Å². The Bertz CT molecular complexity index is 1110. The number of carbonyl (C=O) groups excluding carboxylic acids is 3. The van der Waals surface area contributed by atoms with Crippen molar-refractivity contribution >= 4 is 35.2 Å². The number of hydrogen-bond acceptors (Lipinski definition) is 5. The zero-order valence-corrected chi connectivity index (χ0v) is 24.8. The summed E-state index contributed by atoms with van der Waals surface area (Å²) < 4.78 is 5.44. The summed E-state index contributed by atoms with van der Waals surface area (Å²) in [5, 5.41) is 16.0. The molecule has 0 fully saturated rings. The third-order valence-corrected chi connectivity index (χ3v) is 6.74. The van der Waals surface area contributed by atoms with Crippen LogP contribution in [0.2, 0.25) is 5.02 Å². The van der Waals surface area contributed by atoms with E-state index in [2.05, 4.69) is 10.6 Å². The molecule has 0 saturated carbocycles. The third-order valence-electron chi connectivity index (χ3n) is 6.43. The van der Waals surface area contributed by atoms with Crippen LogP contribution in [0.15, 0.2) is 42.5 Å². The van der Waals surface area contributed by atoms with E-state index in [9.17, 15) is 19.5 Å². The van der Waals surface area contributed by atoms with Gasteiger partial charge in [-0.15, -0.1) is 0 Å². The molecule has 0 aliphatic heterocycles. The minimum Gasteiger partial charge on any atom is -0.508 e. The smallest absolute Gasteiger partial charge is 0.408 e. The number of nitrogens with zero attached hydrogens (tertiary/aromatic N) is 1. The van der Waals surface area contributed by atoms with Gasteiger partial charge in [0.05, 0.1) is 10.7 Å². The molecule has 0 saturated heterocycles. The number of benzene rings is 2. The minimum absolute atomic E-state index is 0.0374. The summed E-state index contributed by atoms with van der Waals surface area (Å²) in [6.45, 7) is 13.2. The number of nitrogens with one attached hydrogen (secondary N) is 2. The first-order valence-corrected chi connectivity index (χ1v) is 13.8. The van der Waals surface area contributed by atoms with Gasteiger partial charge in [-0.05, 0) is 69.4 Å². The Morgan fingerprint density at radius 1 is 1.08 bits per heavy atom. The number of ether oxygens (including phenoxy) is 1. The van der Waals surface area contributed by atoms with Crippen molar-refractivity contribution in [1.29, 1.82) is 0 Å². The Morgan fingerprint density at radius 3 is 2.26 bits per heavy atom. The molecule has 0 aliphatic rings. The van der Waals surface area contributed by atoms with Gasteiger partial charge in [0, 0.05) is 6.54 Å². The number of phenols is 1. The maximum absolute atomic E-state index is 14.2. The Kier molecular flexibility index (Phi) is 11.6. The van der Waals surface area contributed by atoms with Gasteiger partial charge in [0.2, 0.25) is 5.91 Å². The van der Waals surface area contributed by atoms with Gasteiger partial charge in [-0.3, -0.25) is 9.59 Å². The van der Waals surface area contributed by atoms with Gasteiger partial charge in [0.25, 0.3) is 5.91 Å². The Labute approximate surface area is 237 Å². The lowest BCUT2D eigenvalue weighted by Gasteiger charge is -2.36. The number of para-hydroxylation sites is 1. The Balaban J connectivity index is 2.57. The number of amides is 3. The monoisotopic (exact) mass is 559 g/mol. The minimum atomic E-state index is -1.05. The number of hydrogen-bond donors (Lipinski definition) is 3. The molecule has 0 bridgehead atoms. The molecule has 8 nitrogen and oxygen atoms in total. The average molecular weight is 560 g/mol. The van der Waals surface area contributed by atoms with Crippen molar-refractivity contribution in [3.05, 3.63) is 58.6 Å². The van der Waals surface area contributed by atoms with Crippen molar-refractivity contribution in [3.63, 3.8) is 0 Å². The molecule has 39 heavy (non-hydrogen) atoms. The fraction of sp³-hybridized carbons (Fsp3) is 0.500. The molecule has 2 rings (SSSR count). The van der Waals surface area contributed by atoms with Gasteiger partial charge in [-0.2, -0.15) is 0 Å². The molecule has 0 heterocycles. The van der Waals surface area contributed by atoms with E-state index in [-0.39, 0.29) is 18.2 Å². The fourth-order valence-electron chi connectivity index (χ4n) is 4.10. The molecule has 3 atom stereocenters. The average Bonchev–Trinajstić information content (AvgIpc) is 2.86. The van der Waals surface area contributed by atoms with E-state index in [4.69, 9.17) is 16.3 Å². The van der Waals surface area contributed by atoms with Crippen molar-refractivity contribution in [3.8, 4) is 5.75 Å². The van der Waals surface area contributed by atoms with E-state index in [0.717, 1.165) is 12.0 Å². The maximum Gasteiger partial charge on any atom is 0.408 e. The lowest BCUT2D eigenvalue weighted by atomic mass is 9.95. The molecule has 0 aliphatic carbocycles. The van der Waals surface area contributed by atoms with E-state index in [1.54, 1.807) is 45.0 Å². The summed E-state index contributed by atoms with van der Waals surface area (Å²) in [6.07, 6.45) is 1.33. The highest BCUT2D eigenvalue weighted by atomic mass is 35.5. The number of aryl methyl sites for hydroxylation is 1. The van der Waals surface area contributed by atoms with Gasteiger partial charge >= 0.3 is 6.09 Å². The molecule has 0 aromatic heterocycles. The summed E-state index contributed by atoms with van der Waals surface area (Å²) in [6, 6.07) is 9.53. The van der Waals surface area contributed by atoms with Crippen LogP contribution in [0.5, 0.6) is 5.75 Å². The van der Waals surface area contributed by atoms with Crippen LogP contribution in [0, 0.1) is 12.8 Å². The second-order valence-corrected chi connectivity index (χ2v) is 11.2. The number of aromatic hydroxyl groups is 1. The van der Waals surface area contributed by atoms with Crippen molar-refractivity contribution in [2.75, 3.05) is 11.9 Å². The molecule has 3 amide bonds. The number of anilines is 1. The second-order valence-electron chi connectivity index (χ2n) is 10.8. The highest BCUT2D eigenvalue weighted by Crippen LogP contribution is 2.31. The van der Waals surface area contributed by atoms with Crippen LogP contribution >= 0.6 is 11.6 Å². The Hall–Kier alpha value is -3.26. The molecule has 0 spiro atoms. The highest BCUT2D eigenvalue weighted by Gasteiger charge is 2.38. The molecule has 2 aromatic rings. The first-order chi connectivity index (χ1) is 18.3. The van der Waals surface area contributed by atoms with Crippen molar-refractivity contribution in [1.82, 2.24) is 10.2 Å². The molecule has 214 valence electrons. The summed E-state index contributed by atoms with van der Waals surface area (Å²) in [4.78, 5) is 42.4. The van der Waals surface area contributed by atoms with Crippen LogP contribution in [-0.2, 0) is 14.3 Å². The number of unbranched alkanes of at least 4 members (excludes halogenated alkanes) is 1. The Morgan fingerprint density at radius 2 is 1.72 bits per heavy atom. The van der Waals surface area contributed by atoms with Crippen LogP contribution in [0.1, 0.15) is 78.0 Å². The van der Waals surface area contributed by atoms with Crippen molar-refractivity contribution in [2.45, 2.75) is 85.4 Å². The van der Waals surface area contributed by atoms with Crippen molar-refractivity contribution in [2.24, 2.45) is 5.92 Å². The van der Waals surface area contributed by atoms with E-state index >= 15 is 0 Å². The summed E-state index contributed by atoms with van der Waals surface area (Å²) >= 11 is 6.40. The number of carbonyl (C=O) groups is 3. The van der Waals surface area contributed by atoms with E-state index < -0.39 is 35.6 Å². The normalized spacial score (nSPS) is 13.6. The highest BCUT2D eigenvalue weighted by molar-refractivity contribution is 6.34. The molecular weight excluding hydrogens is 518 g/mol. The SMILES string of the molecule is CCCCN(C(=O)C(NC(=O)OC(C)(C)C)C(C)CC)C(C(=O)Nc1c(C)cccc1Cl)c1ccc(O)cc1. The van der Waals surface area contributed by atoms with Crippen molar-refractivity contribution < 1.29 is 24.2 Å². The molecule has 3 N–H and O–H groups in total. The lowest BCUT2D eigenvalue weighted by Crippen LogP contribution is -2.55. The fourth-order valence-corrected chi connectivity index (χ4v) is 4.37. The predicted molar refractivity (Wildman–Crippen MR) is 155 cm³/mol.